The van der Waals surface area contributed by atoms with Gasteiger partial charge in [-0.1, -0.05) is 24.3 Å². The Hall–Kier alpha value is -4.89. The molecule has 0 aliphatic rings. The summed E-state index contributed by atoms with van der Waals surface area (Å²) in [6, 6.07) is 29.6. The van der Waals surface area contributed by atoms with Gasteiger partial charge in [0.2, 0.25) is 0 Å². The maximum atomic E-state index is 9.61. The molecular formula is C27H17N5O. The quantitative estimate of drug-likeness (QED) is 0.345. The van der Waals surface area contributed by atoms with Gasteiger partial charge in [0.15, 0.2) is 0 Å². The standard InChI is InChI=1S/C27H17N5O/c28-18-19-9-10-20(31-15-5-14-30-31)16-26(19)33-21-11-12-23-22-6-1-2-7-24(22)32(25(23)17-21)27-8-3-4-13-29-27/h1-17H. The highest BCUT2D eigenvalue weighted by Gasteiger charge is 2.15. The Morgan fingerprint density at radius 2 is 1.67 bits per heavy atom. The number of aromatic nitrogens is 4. The third kappa shape index (κ3) is 3.20. The van der Waals surface area contributed by atoms with Crippen molar-refractivity contribution in [2.45, 2.75) is 0 Å². The van der Waals surface area contributed by atoms with Crippen molar-refractivity contribution in [1.29, 1.82) is 5.26 Å². The van der Waals surface area contributed by atoms with Crippen molar-refractivity contribution in [2.24, 2.45) is 0 Å². The molecule has 0 aliphatic carbocycles. The summed E-state index contributed by atoms with van der Waals surface area (Å²) in [5.41, 5.74) is 3.32. The van der Waals surface area contributed by atoms with Crippen molar-refractivity contribution >= 4 is 21.8 Å². The lowest BCUT2D eigenvalue weighted by atomic mass is 10.1. The number of para-hydroxylation sites is 1. The van der Waals surface area contributed by atoms with Crippen LogP contribution in [0.15, 0.2) is 104 Å². The van der Waals surface area contributed by atoms with Crippen LogP contribution in [0.1, 0.15) is 5.56 Å². The molecule has 6 heteroatoms. The largest absolute Gasteiger partial charge is 0.456 e. The second-order valence-corrected chi connectivity index (χ2v) is 7.56. The highest BCUT2D eigenvalue weighted by Crippen LogP contribution is 2.35. The molecule has 3 heterocycles. The average molecular weight is 427 g/mol. The minimum atomic E-state index is 0.455. The van der Waals surface area contributed by atoms with Crippen LogP contribution >= 0.6 is 0 Å². The highest BCUT2D eigenvalue weighted by atomic mass is 16.5. The Labute approximate surface area is 189 Å². The van der Waals surface area contributed by atoms with Crippen LogP contribution in [0.3, 0.4) is 0 Å². The SMILES string of the molecule is N#Cc1ccc(-n2cccn2)cc1Oc1ccc2c3ccccc3n(-c3ccccn3)c2c1. The molecule has 33 heavy (non-hydrogen) atoms. The first-order valence-corrected chi connectivity index (χ1v) is 10.5. The number of nitriles is 1. The molecule has 0 spiro atoms. The van der Waals surface area contributed by atoms with E-state index in [-0.39, 0.29) is 0 Å². The van der Waals surface area contributed by atoms with E-state index in [1.54, 1.807) is 23.1 Å². The van der Waals surface area contributed by atoms with Crippen LogP contribution < -0.4 is 4.74 Å². The molecule has 3 aromatic carbocycles. The molecule has 6 rings (SSSR count). The molecule has 0 unspecified atom stereocenters. The zero-order valence-corrected chi connectivity index (χ0v) is 17.5. The number of fused-ring (bicyclic) bond motifs is 3. The third-order valence-electron chi connectivity index (χ3n) is 5.61. The van der Waals surface area contributed by atoms with Gasteiger partial charge in [-0.05, 0) is 48.5 Å². The van der Waals surface area contributed by atoms with Gasteiger partial charge in [-0.3, -0.25) is 4.57 Å². The molecule has 0 aliphatic heterocycles. The number of rotatable bonds is 4. The molecule has 0 atom stereocenters. The van der Waals surface area contributed by atoms with E-state index in [1.807, 2.05) is 66.9 Å². The fourth-order valence-electron chi connectivity index (χ4n) is 4.13. The Morgan fingerprint density at radius 1 is 0.788 bits per heavy atom. The molecule has 0 bridgehead atoms. The van der Waals surface area contributed by atoms with Crippen LogP contribution in [0, 0.1) is 11.3 Å². The van der Waals surface area contributed by atoms with Crippen LogP contribution in [-0.4, -0.2) is 19.3 Å². The van der Waals surface area contributed by atoms with Gasteiger partial charge in [-0.25, -0.2) is 9.67 Å². The van der Waals surface area contributed by atoms with E-state index >= 15 is 0 Å². The fourth-order valence-corrected chi connectivity index (χ4v) is 4.13. The second kappa shape index (κ2) is 7.66. The van der Waals surface area contributed by atoms with Crippen molar-refractivity contribution in [3.05, 3.63) is 109 Å². The van der Waals surface area contributed by atoms with Gasteiger partial charge in [-0.2, -0.15) is 10.4 Å². The highest BCUT2D eigenvalue weighted by molar-refractivity contribution is 6.09. The lowest BCUT2D eigenvalue weighted by Crippen LogP contribution is -1.97. The van der Waals surface area contributed by atoms with Crippen molar-refractivity contribution in [2.75, 3.05) is 0 Å². The normalized spacial score (nSPS) is 11.0. The van der Waals surface area contributed by atoms with E-state index in [4.69, 9.17) is 4.74 Å². The van der Waals surface area contributed by atoms with Crippen molar-refractivity contribution < 1.29 is 4.74 Å². The molecule has 0 saturated heterocycles. The maximum Gasteiger partial charge on any atom is 0.147 e. The van der Waals surface area contributed by atoms with Gasteiger partial charge in [0.1, 0.15) is 23.4 Å². The van der Waals surface area contributed by atoms with Crippen LogP contribution in [0.5, 0.6) is 11.5 Å². The van der Waals surface area contributed by atoms with Crippen LogP contribution in [0.2, 0.25) is 0 Å². The molecule has 0 amide bonds. The summed E-state index contributed by atoms with van der Waals surface area (Å²) in [4.78, 5) is 4.57. The molecular weight excluding hydrogens is 410 g/mol. The first-order valence-electron chi connectivity index (χ1n) is 10.5. The number of benzene rings is 3. The Kier molecular flexibility index (Phi) is 4.38. The molecule has 0 N–H and O–H groups in total. The van der Waals surface area contributed by atoms with E-state index < -0.39 is 0 Å². The Morgan fingerprint density at radius 3 is 2.48 bits per heavy atom. The zero-order chi connectivity index (χ0) is 22.2. The van der Waals surface area contributed by atoms with Gasteiger partial charge in [-0.15, -0.1) is 0 Å². The molecule has 6 nitrogen and oxygen atoms in total. The molecule has 0 fully saturated rings. The lowest BCUT2D eigenvalue weighted by molar-refractivity contribution is 0.481. The summed E-state index contributed by atoms with van der Waals surface area (Å²) in [5, 5.41) is 16.1. The number of nitrogens with zero attached hydrogens (tertiary/aromatic N) is 5. The minimum absolute atomic E-state index is 0.455. The Balaban J connectivity index is 1.51. The molecule has 156 valence electrons. The van der Waals surface area contributed by atoms with Gasteiger partial charge in [0.05, 0.1) is 22.3 Å². The minimum Gasteiger partial charge on any atom is -0.456 e. The van der Waals surface area contributed by atoms with E-state index in [0.717, 1.165) is 33.3 Å². The molecule has 0 saturated carbocycles. The smallest absolute Gasteiger partial charge is 0.147 e. The number of hydrogen-bond donors (Lipinski definition) is 0. The summed E-state index contributed by atoms with van der Waals surface area (Å²) in [6.45, 7) is 0. The van der Waals surface area contributed by atoms with Gasteiger partial charge in [0, 0.05) is 41.5 Å². The topological polar surface area (TPSA) is 68.7 Å². The van der Waals surface area contributed by atoms with Crippen molar-refractivity contribution in [1.82, 2.24) is 19.3 Å². The first-order chi connectivity index (χ1) is 16.3. The zero-order valence-electron chi connectivity index (χ0n) is 17.5. The predicted molar refractivity (Wildman–Crippen MR) is 127 cm³/mol. The summed E-state index contributed by atoms with van der Waals surface area (Å²) in [7, 11) is 0. The molecule has 0 radical (unpaired) electrons. The van der Waals surface area contributed by atoms with Crippen molar-refractivity contribution in [3.8, 4) is 29.1 Å². The third-order valence-corrected chi connectivity index (χ3v) is 5.61. The van der Waals surface area contributed by atoms with E-state index in [2.05, 4.69) is 38.9 Å². The second-order valence-electron chi connectivity index (χ2n) is 7.56. The summed E-state index contributed by atoms with van der Waals surface area (Å²) in [5.74, 6) is 1.95. The summed E-state index contributed by atoms with van der Waals surface area (Å²) >= 11 is 0. The summed E-state index contributed by atoms with van der Waals surface area (Å²) in [6.07, 6.45) is 5.35. The van der Waals surface area contributed by atoms with Gasteiger partial charge in [0.25, 0.3) is 0 Å². The monoisotopic (exact) mass is 427 g/mol. The number of ether oxygens (including phenoxy) is 1. The van der Waals surface area contributed by atoms with Crippen LogP contribution in [-0.2, 0) is 0 Å². The van der Waals surface area contributed by atoms with Crippen LogP contribution in [0.25, 0.3) is 33.3 Å². The summed E-state index contributed by atoms with van der Waals surface area (Å²) < 4.78 is 10.1. The van der Waals surface area contributed by atoms with E-state index in [9.17, 15) is 5.26 Å². The van der Waals surface area contributed by atoms with Crippen LogP contribution in [0.4, 0.5) is 0 Å². The van der Waals surface area contributed by atoms with Gasteiger partial charge < -0.3 is 4.74 Å². The Bertz CT molecular complexity index is 1640. The van der Waals surface area contributed by atoms with E-state index in [0.29, 0.717) is 17.1 Å². The van der Waals surface area contributed by atoms with Crippen molar-refractivity contribution in [3.63, 3.8) is 0 Å². The van der Waals surface area contributed by atoms with Gasteiger partial charge >= 0.3 is 0 Å². The predicted octanol–water partition coefficient (Wildman–Crippen LogP) is 6.03. The first kappa shape index (κ1) is 18.8. The maximum absolute atomic E-state index is 9.61. The number of pyridine rings is 1. The fraction of sp³-hybridized carbons (Fsp3) is 0. The average Bonchev–Trinajstić information content (AvgIpc) is 3.51. The molecule has 6 aromatic rings. The molecule has 3 aromatic heterocycles. The lowest BCUT2D eigenvalue weighted by Gasteiger charge is -2.11. The number of hydrogen-bond acceptors (Lipinski definition) is 4. The van der Waals surface area contributed by atoms with E-state index in [1.165, 1.54) is 0 Å².